The van der Waals surface area contributed by atoms with Gasteiger partial charge in [0.1, 0.15) is 0 Å². The van der Waals surface area contributed by atoms with Crippen LogP contribution in [0.5, 0.6) is 0 Å². The van der Waals surface area contributed by atoms with E-state index in [0.29, 0.717) is 0 Å². The molecule has 0 aromatic heterocycles. The molecule has 0 unspecified atom stereocenters. The molecule has 0 spiro atoms. The Morgan fingerprint density at radius 2 is 0.682 bits per heavy atom. The van der Waals surface area contributed by atoms with Crippen LogP contribution in [0.4, 0.5) is 0 Å². The molecule has 8 rings (SSSR count). The third kappa shape index (κ3) is 3.83. The number of hydrogen-bond acceptors (Lipinski definition) is 0. The molecule has 0 aliphatic heterocycles. The highest BCUT2D eigenvalue weighted by molar-refractivity contribution is 5.91. The fourth-order valence-corrected chi connectivity index (χ4v) is 8.01. The van der Waals surface area contributed by atoms with E-state index in [0.717, 1.165) is 0 Å². The van der Waals surface area contributed by atoms with Gasteiger partial charge in [-0.25, -0.2) is 0 Å². The molecule has 0 saturated carbocycles. The largest absolute Gasteiger partial charge is 0.0622 e. The molecule has 6 aromatic rings. The quantitative estimate of drug-likeness (QED) is 0.200. The molecule has 6 aromatic carbocycles. The van der Waals surface area contributed by atoms with Gasteiger partial charge in [0.15, 0.2) is 0 Å². The molecule has 0 heteroatoms. The Morgan fingerprint density at radius 1 is 0.318 bits per heavy atom. The highest BCUT2D eigenvalue weighted by atomic mass is 14.4. The van der Waals surface area contributed by atoms with Crippen LogP contribution in [0, 0.1) is 13.8 Å². The van der Waals surface area contributed by atoms with Crippen molar-refractivity contribution in [3.63, 3.8) is 0 Å². The van der Waals surface area contributed by atoms with Gasteiger partial charge >= 0.3 is 0 Å². The smallest absolute Gasteiger partial charge is 0.0159 e. The molecular weight excluding hydrogens is 528 g/mol. The Bertz CT molecular complexity index is 1950. The SMILES string of the molecule is Cc1cc2c(cc1-c1cc3c(cc1C)-c1cc(-c4ccccc4)ccc1C3(C)C)C(C)(C)c1ccc(-c3ccccc3)cc1-2. The summed E-state index contributed by atoms with van der Waals surface area (Å²) in [5, 5.41) is 0. The molecule has 0 bridgehead atoms. The highest BCUT2D eigenvalue weighted by Crippen LogP contribution is 2.54. The number of aryl methyl sites for hydroxylation is 2. The van der Waals surface area contributed by atoms with Gasteiger partial charge in [-0.15, -0.1) is 0 Å². The van der Waals surface area contributed by atoms with Crippen molar-refractivity contribution in [2.24, 2.45) is 0 Å². The predicted octanol–water partition coefficient (Wildman–Crippen LogP) is 11.9. The average molecular weight is 567 g/mol. The van der Waals surface area contributed by atoms with Gasteiger partial charge in [-0.2, -0.15) is 0 Å². The number of fused-ring (bicyclic) bond motifs is 6. The van der Waals surface area contributed by atoms with Crippen molar-refractivity contribution in [1.82, 2.24) is 0 Å². The van der Waals surface area contributed by atoms with Crippen molar-refractivity contribution >= 4 is 0 Å². The van der Waals surface area contributed by atoms with Gasteiger partial charge in [0.25, 0.3) is 0 Å². The summed E-state index contributed by atoms with van der Waals surface area (Å²) >= 11 is 0. The lowest BCUT2D eigenvalue weighted by Crippen LogP contribution is -2.16. The normalized spacial score (nSPS) is 15.0. The van der Waals surface area contributed by atoms with E-state index in [4.69, 9.17) is 0 Å². The van der Waals surface area contributed by atoms with E-state index in [1.807, 2.05) is 0 Å². The van der Waals surface area contributed by atoms with E-state index in [2.05, 4.69) is 163 Å². The summed E-state index contributed by atoms with van der Waals surface area (Å²) in [6.45, 7) is 14.1. The van der Waals surface area contributed by atoms with Crippen molar-refractivity contribution in [2.45, 2.75) is 52.4 Å². The van der Waals surface area contributed by atoms with Crippen molar-refractivity contribution in [3.05, 3.63) is 155 Å². The molecule has 2 aliphatic carbocycles. The lowest BCUT2D eigenvalue weighted by atomic mass is 9.79. The Balaban J connectivity index is 1.26. The predicted molar refractivity (Wildman–Crippen MR) is 187 cm³/mol. The van der Waals surface area contributed by atoms with Crippen molar-refractivity contribution in [3.8, 4) is 55.6 Å². The van der Waals surface area contributed by atoms with E-state index in [9.17, 15) is 0 Å². The van der Waals surface area contributed by atoms with Crippen LogP contribution in [0.2, 0.25) is 0 Å². The minimum atomic E-state index is -0.0592. The average Bonchev–Trinajstić information content (AvgIpc) is 3.39. The van der Waals surface area contributed by atoms with Crippen LogP contribution in [-0.2, 0) is 10.8 Å². The molecule has 44 heavy (non-hydrogen) atoms. The first kappa shape index (κ1) is 26.9. The molecule has 0 N–H and O–H groups in total. The van der Waals surface area contributed by atoms with Gasteiger partial charge in [0.05, 0.1) is 0 Å². The van der Waals surface area contributed by atoms with Crippen LogP contribution in [0.25, 0.3) is 55.6 Å². The molecule has 0 nitrogen and oxygen atoms in total. The summed E-state index contributed by atoms with van der Waals surface area (Å²) in [4.78, 5) is 0. The van der Waals surface area contributed by atoms with E-state index in [1.165, 1.54) is 89.0 Å². The molecule has 0 saturated heterocycles. The van der Waals surface area contributed by atoms with Gasteiger partial charge in [0.2, 0.25) is 0 Å². The van der Waals surface area contributed by atoms with Crippen LogP contribution in [0.15, 0.2) is 121 Å². The first-order valence-corrected chi connectivity index (χ1v) is 15.9. The van der Waals surface area contributed by atoms with E-state index in [-0.39, 0.29) is 10.8 Å². The molecule has 214 valence electrons. The topological polar surface area (TPSA) is 0 Å². The fraction of sp³-hybridized carbons (Fsp3) is 0.182. The Labute approximate surface area is 262 Å². The molecule has 0 amide bonds. The maximum Gasteiger partial charge on any atom is 0.0159 e. The summed E-state index contributed by atoms with van der Waals surface area (Å²) in [5.74, 6) is 0. The zero-order chi connectivity index (χ0) is 30.4. The van der Waals surface area contributed by atoms with Gasteiger partial charge < -0.3 is 0 Å². The van der Waals surface area contributed by atoms with Crippen LogP contribution < -0.4 is 0 Å². The standard InChI is InChI=1S/C44H38/c1-27-21-35-37-23-31(29-13-9-7-10-14-29)17-19-39(37)43(3,4)41(35)25-33(27)34-26-42-36(22-28(34)2)38-24-32(30-15-11-8-12-16-30)18-20-40(38)44(42,5)6/h7-26H,1-6H3. The van der Waals surface area contributed by atoms with Crippen molar-refractivity contribution < 1.29 is 0 Å². The van der Waals surface area contributed by atoms with Crippen molar-refractivity contribution in [2.75, 3.05) is 0 Å². The summed E-state index contributed by atoms with van der Waals surface area (Å²) in [6, 6.07) is 45.5. The lowest BCUT2D eigenvalue weighted by molar-refractivity contribution is 0.659. The maximum absolute atomic E-state index is 2.50. The van der Waals surface area contributed by atoms with Crippen LogP contribution >= 0.6 is 0 Å². The zero-order valence-electron chi connectivity index (χ0n) is 26.5. The molecule has 0 heterocycles. The lowest BCUT2D eigenvalue weighted by Gasteiger charge is -2.25. The second-order valence-electron chi connectivity index (χ2n) is 13.9. The van der Waals surface area contributed by atoms with Gasteiger partial charge in [-0.05, 0) is 127 Å². The number of rotatable bonds is 3. The second-order valence-corrected chi connectivity index (χ2v) is 13.9. The van der Waals surface area contributed by atoms with E-state index < -0.39 is 0 Å². The number of benzene rings is 6. The summed E-state index contributed by atoms with van der Waals surface area (Å²) in [5.41, 5.74) is 21.5. The first-order valence-electron chi connectivity index (χ1n) is 15.9. The Morgan fingerprint density at radius 3 is 1.07 bits per heavy atom. The highest BCUT2D eigenvalue weighted by Gasteiger charge is 2.38. The summed E-state index contributed by atoms with van der Waals surface area (Å²) in [7, 11) is 0. The molecule has 0 radical (unpaired) electrons. The Kier molecular flexibility index (Phi) is 5.75. The molecule has 0 fully saturated rings. The van der Waals surface area contributed by atoms with Gasteiger partial charge in [-0.3, -0.25) is 0 Å². The van der Waals surface area contributed by atoms with Gasteiger partial charge in [0, 0.05) is 10.8 Å². The molecule has 0 atom stereocenters. The van der Waals surface area contributed by atoms with Crippen LogP contribution in [0.3, 0.4) is 0 Å². The van der Waals surface area contributed by atoms with E-state index >= 15 is 0 Å². The Hall–Kier alpha value is -4.68. The summed E-state index contributed by atoms with van der Waals surface area (Å²) < 4.78 is 0. The fourth-order valence-electron chi connectivity index (χ4n) is 8.01. The van der Waals surface area contributed by atoms with E-state index in [1.54, 1.807) is 0 Å². The van der Waals surface area contributed by atoms with Crippen LogP contribution in [-0.4, -0.2) is 0 Å². The molecule has 2 aliphatic rings. The van der Waals surface area contributed by atoms with Crippen LogP contribution in [0.1, 0.15) is 61.1 Å². The zero-order valence-corrected chi connectivity index (χ0v) is 26.5. The third-order valence-electron chi connectivity index (χ3n) is 10.5. The first-order chi connectivity index (χ1) is 21.1. The number of hydrogen-bond donors (Lipinski definition) is 0. The molecular formula is C44H38. The second kappa shape index (κ2) is 9.41. The minimum absolute atomic E-state index is 0.0592. The maximum atomic E-state index is 2.50. The monoisotopic (exact) mass is 566 g/mol. The third-order valence-corrected chi connectivity index (χ3v) is 10.5. The van der Waals surface area contributed by atoms with Gasteiger partial charge in [-0.1, -0.05) is 125 Å². The van der Waals surface area contributed by atoms with Crippen molar-refractivity contribution in [1.29, 1.82) is 0 Å². The summed E-state index contributed by atoms with van der Waals surface area (Å²) in [6.07, 6.45) is 0. The minimum Gasteiger partial charge on any atom is -0.0622 e.